The first-order chi connectivity index (χ1) is 8.72. The Morgan fingerprint density at radius 1 is 1.26 bits per heavy atom. The van der Waals surface area contributed by atoms with E-state index in [1.54, 1.807) is 0 Å². The lowest BCUT2D eigenvalue weighted by molar-refractivity contribution is 0.136. The zero-order valence-corrected chi connectivity index (χ0v) is 14.0. The number of nitrogens with zero attached hydrogens (tertiary/aromatic N) is 2. The smallest absolute Gasteiger partial charge is 0.106 e. The highest BCUT2D eigenvalue weighted by Crippen LogP contribution is 2.24. The van der Waals surface area contributed by atoms with Crippen LogP contribution in [-0.4, -0.2) is 36.6 Å². The summed E-state index contributed by atoms with van der Waals surface area (Å²) in [7, 11) is 2.18. The normalized spacial score (nSPS) is 17.0. The summed E-state index contributed by atoms with van der Waals surface area (Å²) in [5.41, 5.74) is -0.0337. The molecule has 0 fully saturated rings. The third-order valence-electron chi connectivity index (χ3n) is 4.36. The van der Waals surface area contributed by atoms with Crippen molar-refractivity contribution in [1.29, 1.82) is 5.26 Å². The van der Waals surface area contributed by atoms with Crippen LogP contribution in [0, 0.1) is 16.7 Å². The highest BCUT2D eigenvalue weighted by atomic mass is 15.1. The molecule has 0 aromatic carbocycles. The molecule has 0 aliphatic carbocycles. The summed E-state index contributed by atoms with van der Waals surface area (Å²) in [4.78, 5) is 2.41. The van der Waals surface area contributed by atoms with Gasteiger partial charge in [0.2, 0.25) is 0 Å². The quantitative estimate of drug-likeness (QED) is 0.732. The molecule has 2 atom stereocenters. The molecule has 0 rings (SSSR count). The molecule has 0 saturated heterocycles. The number of nitrogens with one attached hydrogen (secondary N) is 1. The lowest BCUT2D eigenvalue weighted by Crippen LogP contribution is -2.44. The van der Waals surface area contributed by atoms with Crippen LogP contribution in [0.2, 0.25) is 0 Å². The van der Waals surface area contributed by atoms with E-state index < -0.39 is 0 Å². The highest BCUT2D eigenvalue weighted by Gasteiger charge is 2.27. The predicted octanol–water partition coefficient (Wildman–Crippen LogP) is 3.41. The van der Waals surface area contributed by atoms with Crippen molar-refractivity contribution in [3.8, 4) is 6.07 Å². The highest BCUT2D eigenvalue weighted by molar-refractivity contribution is 5.06. The van der Waals surface area contributed by atoms with E-state index in [-0.39, 0.29) is 5.54 Å². The molecular formula is C16H33N3. The van der Waals surface area contributed by atoms with Crippen LogP contribution < -0.4 is 5.32 Å². The van der Waals surface area contributed by atoms with E-state index in [2.05, 4.69) is 64.9 Å². The first kappa shape index (κ1) is 18.4. The summed E-state index contributed by atoms with van der Waals surface area (Å²) < 4.78 is 0. The Hall–Kier alpha value is -0.590. The minimum absolute atomic E-state index is 0.299. The van der Waals surface area contributed by atoms with Gasteiger partial charge in [-0.05, 0) is 51.7 Å². The van der Waals surface area contributed by atoms with Crippen LogP contribution in [0.3, 0.4) is 0 Å². The van der Waals surface area contributed by atoms with Crippen LogP contribution in [0.1, 0.15) is 60.8 Å². The molecule has 0 amide bonds. The van der Waals surface area contributed by atoms with Gasteiger partial charge < -0.3 is 4.90 Å². The van der Waals surface area contributed by atoms with Crippen LogP contribution in [0.5, 0.6) is 0 Å². The van der Waals surface area contributed by atoms with Crippen molar-refractivity contribution in [2.45, 2.75) is 72.4 Å². The number of rotatable bonds is 8. The van der Waals surface area contributed by atoms with Crippen molar-refractivity contribution in [2.75, 3.05) is 20.1 Å². The Balaban J connectivity index is 4.31. The zero-order chi connectivity index (χ0) is 15.1. The van der Waals surface area contributed by atoms with E-state index in [0.717, 1.165) is 32.4 Å². The van der Waals surface area contributed by atoms with Crippen LogP contribution >= 0.6 is 0 Å². The van der Waals surface area contributed by atoms with E-state index in [0.29, 0.717) is 11.5 Å². The molecule has 0 saturated carbocycles. The van der Waals surface area contributed by atoms with Crippen molar-refractivity contribution in [3.05, 3.63) is 0 Å². The molecule has 0 aromatic rings. The Labute approximate surface area is 120 Å². The molecule has 0 aliphatic heterocycles. The second-order valence-corrected chi connectivity index (χ2v) is 6.70. The van der Waals surface area contributed by atoms with E-state index in [9.17, 15) is 5.26 Å². The average molecular weight is 267 g/mol. The fourth-order valence-electron chi connectivity index (χ4n) is 2.39. The van der Waals surface area contributed by atoms with Gasteiger partial charge in [-0.3, -0.25) is 5.32 Å². The Morgan fingerprint density at radius 3 is 2.21 bits per heavy atom. The second kappa shape index (κ2) is 7.87. The molecule has 0 bridgehead atoms. The molecule has 0 aliphatic rings. The molecule has 3 nitrogen and oxygen atoms in total. The molecule has 0 radical (unpaired) electrons. The summed E-state index contributed by atoms with van der Waals surface area (Å²) in [5.74, 6) is 0. The molecular weight excluding hydrogens is 234 g/mol. The fourth-order valence-corrected chi connectivity index (χ4v) is 2.39. The van der Waals surface area contributed by atoms with Crippen LogP contribution in [0.25, 0.3) is 0 Å². The standard InChI is InChI=1S/C16H33N3/c1-8-16(13-17,18-9-2)11-10-12-19(7)14(3)15(4,5)6/h14,18H,8-12H2,1-7H3. The summed E-state index contributed by atoms with van der Waals surface area (Å²) in [6, 6.07) is 3.02. The van der Waals surface area contributed by atoms with Crippen LogP contribution in [-0.2, 0) is 0 Å². The van der Waals surface area contributed by atoms with Gasteiger partial charge in [0.25, 0.3) is 0 Å². The number of nitriles is 1. The molecule has 19 heavy (non-hydrogen) atoms. The molecule has 1 N–H and O–H groups in total. The maximum absolute atomic E-state index is 9.39. The number of hydrogen-bond acceptors (Lipinski definition) is 3. The molecule has 0 aromatic heterocycles. The lowest BCUT2D eigenvalue weighted by atomic mass is 9.86. The molecule has 112 valence electrons. The number of hydrogen-bond donors (Lipinski definition) is 1. The van der Waals surface area contributed by atoms with Crippen LogP contribution in [0.4, 0.5) is 0 Å². The van der Waals surface area contributed by atoms with Gasteiger partial charge in [-0.2, -0.15) is 5.26 Å². The van der Waals surface area contributed by atoms with Gasteiger partial charge in [0, 0.05) is 6.04 Å². The first-order valence-electron chi connectivity index (χ1n) is 7.59. The first-order valence-corrected chi connectivity index (χ1v) is 7.59. The lowest BCUT2D eigenvalue weighted by Gasteiger charge is -2.36. The molecule has 2 unspecified atom stereocenters. The molecule has 0 heterocycles. The minimum atomic E-state index is -0.333. The minimum Gasteiger partial charge on any atom is -0.303 e. The van der Waals surface area contributed by atoms with Gasteiger partial charge in [0.1, 0.15) is 5.54 Å². The Kier molecular flexibility index (Phi) is 7.62. The van der Waals surface area contributed by atoms with E-state index in [4.69, 9.17) is 0 Å². The summed E-state index contributed by atoms with van der Waals surface area (Å²) in [6.07, 6.45) is 2.86. The topological polar surface area (TPSA) is 39.1 Å². The third kappa shape index (κ3) is 5.93. The molecule has 0 spiro atoms. The van der Waals surface area contributed by atoms with Crippen LogP contribution in [0.15, 0.2) is 0 Å². The monoisotopic (exact) mass is 267 g/mol. The van der Waals surface area contributed by atoms with Crippen molar-refractivity contribution in [2.24, 2.45) is 5.41 Å². The van der Waals surface area contributed by atoms with Gasteiger partial charge >= 0.3 is 0 Å². The average Bonchev–Trinajstić information content (AvgIpc) is 2.35. The SMILES string of the molecule is CCNC(C#N)(CC)CCCN(C)C(C)C(C)(C)C. The second-order valence-electron chi connectivity index (χ2n) is 6.70. The van der Waals surface area contributed by atoms with Gasteiger partial charge in [-0.25, -0.2) is 0 Å². The van der Waals surface area contributed by atoms with Crippen molar-refractivity contribution in [1.82, 2.24) is 10.2 Å². The van der Waals surface area contributed by atoms with Gasteiger partial charge in [0.15, 0.2) is 0 Å². The Morgan fingerprint density at radius 2 is 1.84 bits per heavy atom. The van der Waals surface area contributed by atoms with Gasteiger partial charge in [-0.15, -0.1) is 0 Å². The van der Waals surface area contributed by atoms with Gasteiger partial charge in [0.05, 0.1) is 6.07 Å². The van der Waals surface area contributed by atoms with E-state index in [1.165, 1.54) is 0 Å². The zero-order valence-electron chi connectivity index (χ0n) is 14.0. The van der Waals surface area contributed by atoms with Crippen molar-refractivity contribution in [3.63, 3.8) is 0 Å². The largest absolute Gasteiger partial charge is 0.303 e. The molecule has 3 heteroatoms. The maximum atomic E-state index is 9.39. The third-order valence-corrected chi connectivity index (χ3v) is 4.36. The summed E-state index contributed by atoms with van der Waals surface area (Å²) in [5, 5.41) is 12.7. The summed E-state index contributed by atoms with van der Waals surface area (Å²) in [6.45, 7) is 15.2. The van der Waals surface area contributed by atoms with Gasteiger partial charge in [-0.1, -0.05) is 34.6 Å². The summed E-state index contributed by atoms with van der Waals surface area (Å²) >= 11 is 0. The van der Waals surface area contributed by atoms with Crippen molar-refractivity contribution < 1.29 is 0 Å². The van der Waals surface area contributed by atoms with E-state index >= 15 is 0 Å². The van der Waals surface area contributed by atoms with Crippen molar-refractivity contribution >= 4 is 0 Å². The predicted molar refractivity (Wildman–Crippen MR) is 83.1 cm³/mol. The maximum Gasteiger partial charge on any atom is 0.106 e. The Bertz CT molecular complexity index is 287. The fraction of sp³-hybridized carbons (Fsp3) is 0.938. The van der Waals surface area contributed by atoms with E-state index in [1.807, 2.05) is 0 Å².